The van der Waals surface area contributed by atoms with Gasteiger partial charge in [-0.2, -0.15) is 0 Å². The summed E-state index contributed by atoms with van der Waals surface area (Å²) in [6.07, 6.45) is 4.33. The Hall–Kier alpha value is -1.95. The van der Waals surface area contributed by atoms with Crippen molar-refractivity contribution in [1.82, 2.24) is 9.97 Å². The van der Waals surface area contributed by atoms with Crippen molar-refractivity contribution >= 4 is 21.9 Å². The number of hydrogen-bond donors (Lipinski definition) is 1. The van der Waals surface area contributed by atoms with Gasteiger partial charge in [-0.25, -0.2) is 9.78 Å². The lowest BCUT2D eigenvalue weighted by Gasteiger charge is -2.09. The maximum absolute atomic E-state index is 11.0. The van der Waals surface area contributed by atoms with Crippen LogP contribution in [0, 0.1) is 6.92 Å². The van der Waals surface area contributed by atoms with Gasteiger partial charge in [0, 0.05) is 12.4 Å². The van der Waals surface area contributed by atoms with Crippen LogP contribution < -0.4 is 4.74 Å². The molecule has 0 aliphatic rings. The van der Waals surface area contributed by atoms with Crippen LogP contribution in [0.5, 0.6) is 11.6 Å². The first kappa shape index (κ1) is 12.5. The Balaban J connectivity index is 2.40. The number of pyridine rings is 2. The summed E-state index contributed by atoms with van der Waals surface area (Å²) in [5, 5.41) is 9.03. The number of aryl methyl sites for hydroxylation is 1. The Morgan fingerprint density at radius 2 is 2.17 bits per heavy atom. The monoisotopic (exact) mass is 308 g/mol. The molecule has 1 N–H and O–H groups in total. The molecule has 6 heteroatoms. The molecular formula is C12H9BrN2O3. The minimum atomic E-state index is -1.07. The molecule has 18 heavy (non-hydrogen) atoms. The molecule has 0 aliphatic heterocycles. The Morgan fingerprint density at radius 1 is 1.39 bits per heavy atom. The maximum Gasteiger partial charge on any atom is 0.339 e. The van der Waals surface area contributed by atoms with Gasteiger partial charge in [0.15, 0.2) is 5.75 Å². The number of aromatic nitrogens is 2. The third-order valence-electron chi connectivity index (χ3n) is 2.27. The molecule has 0 spiro atoms. The minimum Gasteiger partial charge on any atom is -0.478 e. The summed E-state index contributed by atoms with van der Waals surface area (Å²) in [6, 6.07) is 3.19. The normalized spacial score (nSPS) is 10.1. The van der Waals surface area contributed by atoms with Crippen LogP contribution >= 0.6 is 15.9 Å². The van der Waals surface area contributed by atoms with Crippen LogP contribution in [0.1, 0.15) is 15.9 Å². The highest BCUT2D eigenvalue weighted by molar-refractivity contribution is 9.10. The molecule has 0 radical (unpaired) electrons. The molecular weight excluding hydrogens is 300 g/mol. The standard InChI is InChI=1S/C12H9BrN2O3/c1-7-2-5-15-11(10(7)13)18-9-6-14-4-3-8(9)12(16)17/h2-6H,1H3,(H,16,17). The van der Waals surface area contributed by atoms with Gasteiger partial charge in [0.1, 0.15) is 5.56 Å². The topological polar surface area (TPSA) is 72.3 Å². The van der Waals surface area contributed by atoms with E-state index < -0.39 is 5.97 Å². The van der Waals surface area contributed by atoms with Gasteiger partial charge in [-0.1, -0.05) is 0 Å². The van der Waals surface area contributed by atoms with Crippen LogP contribution in [0.25, 0.3) is 0 Å². The number of carboxylic acid groups (broad SMARTS) is 1. The van der Waals surface area contributed by atoms with Gasteiger partial charge < -0.3 is 9.84 Å². The molecule has 0 fully saturated rings. The van der Waals surface area contributed by atoms with Crippen molar-refractivity contribution < 1.29 is 14.6 Å². The van der Waals surface area contributed by atoms with Gasteiger partial charge in [0.2, 0.25) is 5.88 Å². The largest absolute Gasteiger partial charge is 0.478 e. The number of rotatable bonds is 3. The highest BCUT2D eigenvalue weighted by Gasteiger charge is 2.14. The summed E-state index contributed by atoms with van der Waals surface area (Å²) < 4.78 is 6.17. The fraction of sp³-hybridized carbons (Fsp3) is 0.0833. The van der Waals surface area contributed by atoms with E-state index in [0.29, 0.717) is 10.4 Å². The second kappa shape index (κ2) is 5.14. The smallest absolute Gasteiger partial charge is 0.339 e. The third-order valence-corrected chi connectivity index (χ3v) is 3.24. The van der Waals surface area contributed by atoms with Gasteiger partial charge in [-0.15, -0.1) is 0 Å². The van der Waals surface area contributed by atoms with Gasteiger partial charge >= 0.3 is 5.97 Å². The second-order valence-corrected chi connectivity index (χ2v) is 4.32. The van der Waals surface area contributed by atoms with Crippen LogP contribution in [0.4, 0.5) is 0 Å². The maximum atomic E-state index is 11.0. The van der Waals surface area contributed by atoms with Gasteiger partial charge in [0.05, 0.1) is 10.7 Å². The molecule has 0 bridgehead atoms. The molecule has 0 aromatic carbocycles. The molecule has 0 aliphatic carbocycles. The number of carbonyl (C=O) groups is 1. The minimum absolute atomic E-state index is 0.0419. The van der Waals surface area contributed by atoms with Crippen molar-refractivity contribution in [2.45, 2.75) is 6.92 Å². The summed E-state index contributed by atoms with van der Waals surface area (Å²) in [4.78, 5) is 18.9. The van der Waals surface area contributed by atoms with Crippen molar-refractivity contribution in [2.75, 3.05) is 0 Å². The lowest BCUT2D eigenvalue weighted by atomic mass is 10.2. The first-order valence-electron chi connectivity index (χ1n) is 5.06. The number of halogens is 1. The van der Waals surface area contributed by atoms with Crippen LogP contribution in [0.3, 0.4) is 0 Å². The molecule has 0 atom stereocenters. The number of aromatic carboxylic acids is 1. The summed E-state index contributed by atoms with van der Waals surface area (Å²) >= 11 is 3.34. The molecule has 0 amide bonds. The van der Waals surface area contributed by atoms with Crippen LogP contribution in [0.2, 0.25) is 0 Å². The van der Waals surface area contributed by atoms with E-state index in [-0.39, 0.29) is 11.3 Å². The molecule has 0 saturated carbocycles. The first-order valence-corrected chi connectivity index (χ1v) is 5.85. The number of nitrogens with zero attached hydrogens (tertiary/aromatic N) is 2. The average Bonchev–Trinajstić information content (AvgIpc) is 2.35. The van der Waals surface area contributed by atoms with Crippen LogP contribution in [0.15, 0.2) is 35.2 Å². The number of hydrogen-bond acceptors (Lipinski definition) is 4. The van der Waals surface area contributed by atoms with Gasteiger partial charge in [0.25, 0.3) is 0 Å². The van der Waals surface area contributed by atoms with Crippen molar-refractivity contribution in [3.05, 3.63) is 46.3 Å². The first-order chi connectivity index (χ1) is 8.59. The Labute approximate surface area is 112 Å². The summed E-state index contributed by atoms with van der Waals surface area (Å²) in [7, 11) is 0. The average molecular weight is 309 g/mol. The highest BCUT2D eigenvalue weighted by atomic mass is 79.9. The third kappa shape index (κ3) is 2.48. The molecule has 5 nitrogen and oxygen atoms in total. The molecule has 2 heterocycles. The zero-order valence-corrected chi connectivity index (χ0v) is 11.0. The predicted octanol–water partition coefficient (Wildman–Crippen LogP) is 3.04. The Kier molecular flexibility index (Phi) is 3.57. The molecule has 0 saturated heterocycles. The fourth-order valence-corrected chi connectivity index (χ4v) is 1.64. The molecule has 2 aromatic heterocycles. The lowest BCUT2D eigenvalue weighted by Crippen LogP contribution is -2.01. The predicted molar refractivity (Wildman–Crippen MR) is 67.9 cm³/mol. The van der Waals surface area contributed by atoms with E-state index in [9.17, 15) is 4.79 Å². The van der Waals surface area contributed by atoms with Crippen molar-refractivity contribution in [2.24, 2.45) is 0 Å². The summed E-state index contributed by atoms with van der Waals surface area (Å²) in [5.41, 5.74) is 0.987. The fourth-order valence-electron chi connectivity index (χ4n) is 1.33. The molecule has 92 valence electrons. The zero-order chi connectivity index (χ0) is 13.1. The van der Waals surface area contributed by atoms with E-state index in [1.807, 2.05) is 13.0 Å². The molecule has 2 rings (SSSR count). The zero-order valence-electron chi connectivity index (χ0n) is 9.42. The Bertz CT molecular complexity index is 602. The van der Waals surface area contributed by atoms with Gasteiger partial charge in [-0.05, 0) is 40.5 Å². The van der Waals surface area contributed by atoms with E-state index in [1.165, 1.54) is 18.5 Å². The quantitative estimate of drug-likeness (QED) is 0.943. The lowest BCUT2D eigenvalue weighted by molar-refractivity contribution is 0.0694. The summed E-state index contributed by atoms with van der Waals surface area (Å²) in [6.45, 7) is 1.89. The number of carboxylic acids is 1. The molecule has 2 aromatic rings. The van der Waals surface area contributed by atoms with E-state index in [0.717, 1.165) is 5.56 Å². The van der Waals surface area contributed by atoms with E-state index in [2.05, 4.69) is 25.9 Å². The number of ether oxygens (including phenoxy) is 1. The van der Waals surface area contributed by atoms with Crippen molar-refractivity contribution in [3.8, 4) is 11.6 Å². The van der Waals surface area contributed by atoms with Crippen LogP contribution in [-0.2, 0) is 0 Å². The SMILES string of the molecule is Cc1ccnc(Oc2cnccc2C(=O)O)c1Br. The van der Waals surface area contributed by atoms with E-state index in [4.69, 9.17) is 9.84 Å². The highest BCUT2D eigenvalue weighted by Crippen LogP contribution is 2.30. The van der Waals surface area contributed by atoms with Crippen LogP contribution in [-0.4, -0.2) is 21.0 Å². The van der Waals surface area contributed by atoms with E-state index in [1.54, 1.807) is 6.20 Å². The second-order valence-electron chi connectivity index (χ2n) is 3.53. The summed E-state index contributed by atoms with van der Waals surface area (Å²) in [5.74, 6) is -0.606. The van der Waals surface area contributed by atoms with Crippen molar-refractivity contribution in [3.63, 3.8) is 0 Å². The molecule has 0 unspecified atom stereocenters. The van der Waals surface area contributed by atoms with Gasteiger partial charge in [-0.3, -0.25) is 4.98 Å². The van der Waals surface area contributed by atoms with E-state index >= 15 is 0 Å². The van der Waals surface area contributed by atoms with Crippen molar-refractivity contribution in [1.29, 1.82) is 0 Å². The Morgan fingerprint density at radius 3 is 2.89 bits per heavy atom.